The highest BCUT2D eigenvalue weighted by molar-refractivity contribution is 9.10. The number of carbonyl (C=O) groups is 3. The van der Waals surface area contributed by atoms with E-state index in [1.165, 1.54) is 65.2 Å². The van der Waals surface area contributed by atoms with Crippen molar-refractivity contribution < 1.29 is 32.5 Å². The van der Waals surface area contributed by atoms with Crippen LogP contribution in [0.2, 0.25) is 0 Å². The van der Waals surface area contributed by atoms with E-state index in [1.54, 1.807) is 12.1 Å². The maximum absolute atomic E-state index is 14.1. The van der Waals surface area contributed by atoms with Crippen LogP contribution >= 0.6 is 39.0 Å². The van der Waals surface area contributed by atoms with Crippen molar-refractivity contribution in [3.63, 3.8) is 0 Å². The van der Waals surface area contributed by atoms with Gasteiger partial charge in [0.05, 0.1) is 32.4 Å². The van der Waals surface area contributed by atoms with Crippen molar-refractivity contribution in [3.05, 3.63) is 101 Å². The number of non-ortho nitro benzene ring substituents is 1. The summed E-state index contributed by atoms with van der Waals surface area (Å²) < 4.78 is 30.0. The number of anilines is 2. The Morgan fingerprint density at radius 3 is 2.39 bits per heavy atom. The van der Waals surface area contributed by atoms with Gasteiger partial charge >= 0.3 is 4.87 Å². The number of hydrogen-bond donors (Lipinski definition) is 3. The fraction of sp³-hybridized carbons (Fsp3) is 0.273. The first kappa shape index (κ1) is 33.8. The van der Waals surface area contributed by atoms with Gasteiger partial charge in [-0.1, -0.05) is 27.3 Å². The van der Waals surface area contributed by atoms with E-state index < -0.39 is 38.6 Å². The van der Waals surface area contributed by atoms with Crippen LogP contribution in [0.15, 0.2) is 85.9 Å². The third kappa shape index (κ3) is 5.69. The van der Waals surface area contributed by atoms with Crippen LogP contribution in [0.5, 0.6) is 5.75 Å². The molecule has 7 atom stereocenters. The number of nitrogens with one attached hydrogen (secondary N) is 2. The summed E-state index contributed by atoms with van der Waals surface area (Å²) in [6.07, 6.45) is 0.649. The molecular formula is C33H26BrN5O9S3. The van der Waals surface area contributed by atoms with Gasteiger partial charge in [-0.3, -0.25) is 34.2 Å². The third-order valence-electron chi connectivity index (χ3n) is 10.2. The van der Waals surface area contributed by atoms with Gasteiger partial charge < -0.3 is 15.0 Å². The Morgan fingerprint density at radius 2 is 1.73 bits per heavy atom. The van der Waals surface area contributed by atoms with Crippen LogP contribution in [-0.4, -0.2) is 47.9 Å². The summed E-state index contributed by atoms with van der Waals surface area (Å²) in [5.74, 6) is -2.81. The SMILES string of the molecule is NS(=O)(=O)c1ccc(NC(=O)COc2ccc(Br)cc2[C@H]2c3sc(=O)[nH]c3SC3C4CC(C5C(=O)N(c6ccc([N+](=O)[O-])cc6)C(=O)C45)C32)cc1. The zero-order valence-corrected chi connectivity index (χ0v) is 30.1. The molecule has 4 aliphatic rings. The van der Waals surface area contributed by atoms with Crippen molar-refractivity contribution in [3.8, 4) is 5.75 Å². The van der Waals surface area contributed by atoms with Crippen molar-refractivity contribution in [2.45, 2.75) is 27.5 Å². The number of imide groups is 1. The highest BCUT2D eigenvalue weighted by atomic mass is 79.9. The van der Waals surface area contributed by atoms with Gasteiger partial charge in [0.1, 0.15) is 5.75 Å². The predicted octanol–water partition coefficient (Wildman–Crippen LogP) is 4.45. The highest BCUT2D eigenvalue weighted by Gasteiger charge is 2.70. The number of primary sulfonamides is 1. The summed E-state index contributed by atoms with van der Waals surface area (Å²) in [4.78, 5) is 69.0. The van der Waals surface area contributed by atoms with Gasteiger partial charge in [-0.25, -0.2) is 13.6 Å². The van der Waals surface area contributed by atoms with Crippen LogP contribution in [0.1, 0.15) is 22.8 Å². The van der Waals surface area contributed by atoms with E-state index in [1.807, 2.05) is 6.07 Å². The molecule has 2 bridgehead atoms. The molecule has 4 N–H and O–H groups in total. The number of benzene rings is 3. The summed E-state index contributed by atoms with van der Waals surface area (Å²) in [5.41, 5.74) is 1.21. The van der Waals surface area contributed by atoms with E-state index in [0.29, 0.717) is 28.6 Å². The Morgan fingerprint density at radius 1 is 1.04 bits per heavy atom. The lowest BCUT2D eigenvalue weighted by atomic mass is 9.68. The van der Waals surface area contributed by atoms with Gasteiger partial charge in [0.2, 0.25) is 21.8 Å². The van der Waals surface area contributed by atoms with Crippen molar-refractivity contribution in [1.29, 1.82) is 0 Å². The number of aromatic nitrogens is 1. The quantitative estimate of drug-likeness (QED) is 0.129. The molecule has 3 amide bonds. The number of halogens is 1. The zero-order valence-electron chi connectivity index (χ0n) is 26.1. The minimum atomic E-state index is -3.89. The lowest BCUT2D eigenvalue weighted by Gasteiger charge is -2.43. The average molecular weight is 813 g/mol. The second-order valence-electron chi connectivity index (χ2n) is 12.8. The normalized spacial score (nSPS) is 26.1. The van der Waals surface area contributed by atoms with Crippen molar-refractivity contribution in [1.82, 2.24) is 4.98 Å². The topological polar surface area (TPSA) is 212 Å². The van der Waals surface area contributed by atoms with E-state index in [2.05, 4.69) is 26.2 Å². The predicted molar refractivity (Wildman–Crippen MR) is 190 cm³/mol. The number of nitro benzene ring substituents is 1. The Kier molecular flexibility index (Phi) is 8.21. The number of nitrogens with two attached hydrogens (primary N) is 1. The van der Waals surface area contributed by atoms with E-state index >= 15 is 0 Å². The molecule has 1 aromatic heterocycles. The molecule has 6 unspecified atom stereocenters. The van der Waals surface area contributed by atoms with E-state index in [9.17, 15) is 37.7 Å². The number of nitrogens with zero attached hydrogens (tertiary/aromatic N) is 2. The van der Waals surface area contributed by atoms with Crippen molar-refractivity contribution in [2.24, 2.45) is 34.7 Å². The number of rotatable bonds is 8. The number of hydrogen-bond acceptors (Lipinski definition) is 11. The molecule has 0 radical (unpaired) electrons. The number of H-pyrrole nitrogens is 1. The number of aromatic amines is 1. The molecule has 4 aromatic rings. The number of sulfonamides is 1. The molecule has 262 valence electrons. The first-order valence-corrected chi connectivity index (χ1v) is 19.7. The maximum Gasteiger partial charge on any atom is 0.305 e. The van der Waals surface area contributed by atoms with Crippen molar-refractivity contribution >= 4 is 83.8 Å². The van der Waals surface area contributed by atoms with Crippen LogP contribution in [0.4, 0.5) is 17.1 Å². The molecule has 2 aliphatic heterocycles. The molecular weight excluding hydrogens is 786 g/mol. The van der Waals surface area contributed by atoms with Crippen LogP contribution in [-0.2, 0) is 24.4 Å². The van der Waals surface area contributed by atoms with Gasteiger partial charge in [0, 0.05) is 43.9 Å². The Balaban J connectivity index is 1.10. The summed E-state index contributed by atoms with van der Waals surface area (Å²) >= 11 is 6.19. The summed E-state index contributed by atoms with van der Waals surface area (Å²) in [6.45, 7) is -0.384. The minimum Gasteiger partial charge on any atom is -0.483 e. The van der Waals surface area contributed by atoms with Gasteiger partial charge in [-0.15, -0.1) is 11.8 Å². The maximum atomic E-state index is 14.1. The second kappa shape index (κ2) is 12.4. The first-order valence-electron chi connectivity index (χ1n) is 15.7. The first-order chi connectivity index (χ1) is 24.3. The third-order valence-corrected chi connectivity index (χ3v) is 14.2. The number of thiazole rings is 1. The van der Waals surface area contributed by atoms with Crippen LogP contribution in [0.25, 0.3) is 0 Å². The van der Waals surface area contributed by atoms with Crippen LogP contribution < -0.4 is 25.0 Å². The number of thioether (sulfide) groups is 1. The largest absolute Gasteiger partial charge is 0.483 e. The molecule has 3 heterocycles. The molecule has 2 aliphatic carbocycles. The molecule has 2 saturated carbocycles. The highest BCUT2D eigenvalue weighted by Crippen LogP contribution is 2.69. The zero-order chi connectivity index (χ0) is 35.9. The summed E-state index contributed by atoms with van der Waals surface area (Å²) in [7, 11) is -3.89. The van der Waals surface area contributed by atoms with Gasteiger partial charge in [0.15, 0.2) is 6.61 Å². The van der Waals surface area contributed by atoms with E-state index in [4.69, 9.17) is 9.88 Å². The standard InChI is InChI=1S/C33H26BrN5O9S3/c34-14-1-10-22(48-13-23(40)36-15-2-8-18(9-3-15)51(35,46)47)19(11-14)24-25-20-12-21(28(25)49-30-29(24)50-33(43)37-30)27-26(20)31(41)38(32(27)42)16-4-6-17(7-5-16)39(44)45/h1-11,20-21,24-28H,12-13H2,(H,36,40)(H,37,43)(H2,35,46,47)/t20?,21?,24-,25?,26?,27?,28?/m1/s1. The molecule has 3 fully saturated rings. The van der Waals surface area contributed by atoms with Crippen LogP contribution in [0, 0.1) is 39.7 Å². The Bertz CT molecular complexity index is 2310. The van der Waals surface area contributed by atoms with Gasteiger partial charge in [-0.05, 0) is 78.8 Å². The average Bonchev–Trinajstić information content (AvgIpc) is 3.82. The number of amides is 3. The number of ether oxygens (including phenoxy) is 1. The van der Waals surface area contributed by atoms with E-state index in [0.717, 1.165) is 26.3 Å². The van der Waals surface area contributed by atoms with Crippen LogP contribution in [0.3, 0.4) is 0 Å². The molecule has 1 saturated heterocycles. The minimum absolute atomic E-state index is 0.0960. The fourth-order valence-corrected chi connectivity index (χ4v) is 12.1. The molecule has 18 heteroatoms. The van der Waals surface area contributed by atoms with Gasteiger partial charge in [-0.2, -0.15) is 0 Å². The molecule has 51 heavy (non-hydrogen) atoms. The lowest BCUT2D eigenvalue weighted by Crippen LogP contribution is -2.42. The molecule has 14 nitrogen and oxygen atoms in total. The Hall–Kier alpha value is -4.36. The van der Waals surface area contributed by atoms with Crippen molar-refractivity contribution in [2.75, 3.05) is 16.8 Å². The smallest absolute Gasteiger partial charge is 0.305 e. The molecule has 3 aromatic carbocycles. The van der Waals surface area contributed by atoms with E-state index in [-0.39, 0.29) is 56.9 Å². The molecule has 0 spiro atoms. The monoisotopic (exact) mass is 811 g/mol. The summed E-state index contributed by atoms with van der Waals surface area (Å²) in [6, 6.07) is 16.2. The molecule has 8 rings (SSSR count). The second-order valence-corrected chi connectivity index (χ2v) is 17.5. The van der Waals surface area contributed by atoms with Gasteiger partial charge in [0.25, 0.3) is 11.6 Å². The Labute approximate surface area is 306 Å². The number of fused-ring (bicyclic) bond motifs is 9. The fourth-order valence-electron chi connectivity index (χ4n) is 8.31. The number of carbonyl (C=O) groups excluding carboxylic acids is 3. The lowest BCUT2D eigenvalue weighted by molar-refractivity contribution is -0.384. The summed E-state index contributed by atoms with van der Waals surface area (Å²) in [5, 5.41) is 19.6. The number of nitro groups is 1.